The molecule has 0 spiro atoms. The SMILES string of the molecule is CCC(Oc1cc(C)c(-c2c(-c3c(C)cc(C)cc3C)c2=O)c(C)c1)[P+](c1ccccc1)(c1ccccc1)c1ccccc1. The smallest absolute Gasteiger partial charge is 0.219 e. The van der Waals surface area contributed by atoms with Crippen LogP contribution in [0.25, 0.3) is 22.3 Å². The molecule has 0 aliphatic heterocycles. The fourth-order valence-corrected chi connectivity index (χ4v) is 11.8. The molecule has 0 saturated carbocycles. The number of ether oxygens (including phenoxy) is 1. The zero-order chi connectivity index (χ0) is 31.0. The zero-order valence-electron chi connectivity index (χ0n) is 26.5. The van der Waals surface area contributed by atoms with Crippen molar-refractivity contribution in [1.29, 1.82) is 0 Å². The van der Waals surface area contributed by atoms with Crippen LogP contribution in [0, 0.1) is 34.6 Å². The summed E-state index contributed by atoms with van der Waals surface area (Å²) >= 11 is 0. The highest BCUT2D eigenvalue weighted by atomic mass is 31.2. The topological polar surface area (TPSA) is 26.3 Å². The van der Waals surface area contributed by atoms with Crippen molar-refractivity contribution < 1.29 is 4.74 Å². The van der Waals surface area contributed by atoms with Gasteiger partial charge in [-0.2, -0.15) is 0 Å². The number of aryl methyl sites for hydroxylation is 5. The van der Waals surface area contributed by atoms with Crippen LogP contribution in [0.15, 0.2) is 120 Å². The predicted molar refractivity (Wildman–Crippen MR) is 189 cm³/mol. The van der Waals surface area contributed by atoms with Crippen LogP contribution in [0.4, 0.5) is 0 Å². The quantitative estimate of drug-likeness (QED) is 0.156. The summed E-state index contributed by atoms with van der Waals surface area (Å²) in [4.78, 5) is 13.3. The van der Waals surface area contributed by atoms with E-state index < -0.39 is 7.26 Å². The summed E-state index contributed by atoms with van der Waals surface area (Å²) in [7, 11) is -2.24. The van der Waals surface area contributed by atoms with Crippen LogP contribution in [0.5, 0.6) is 5.75 Å². The first-order chi connectivity index (χ1) is 21.3. The van der Waals surface area contributed by atoms with Crippen LogP contribution in [-0.4, -0.2) is 5.85 Å². The lowest BCUT2D eigenvalue weighted by atomic mass is 9.95. The van der Waals surface area contributed by atoms with Crippen molar-refractivity contribution in [3.8, 4) is 28.0 Å². The summed E-state index contributed by atoms with van der Waals surface area (Å²) in [6.45, 7) is 12.8. The lowest BCUT2D eigenvalue weighted by Gasteiger charge is -2.34. The monoisotopic (exact) mass is 595 g/mol. The predicted octanol–water partition coefficient (Wildman–Crippen LogP) is 8.91. The first-order valence-electron chi connectivity index (χ1n) is 15.5. The van der Waals surface area contributed by atoms with E-state index >= 15 is 0 Å². The van der Waals surface area contributed by atoms with Gasteiger partial charge in [0.1, 0.15) is 21.7 Å². The van der Waals surface area contributed by atoms with Gasteiger partial charge in [-0.25, -0.2) is 0 Å². The van der Waals surface area contributed by atoms with Gasteiger partial charge in [0, 0.05) is 17.5 Å². The van der Waals surface area contributed by atoms with Gasteiger partial charge in [0.2, 0.25) is 5.85 Å². The third-order valence-electron chi connectivity index (χ3n) is 8.87. The fourth-order valence-electron chi connectivity index (χ4n) is 7.14. The molecule has 0 heterocycles. The molecule has 0 aliphatic carbocycles. The van der Waals surface area contributed by atoms with E-state index in [-0.39, 0.29) is 11.3 Å². The Hall–Kier alpha value is -4.26. The molecule has 3 heteroatoms. The maximum Gasteiger partial charge on any atom is 0.219 e. The van der Waals surface area contributed by atoms with Crippen LogP contribution in [-0.2, 0) is 0 Å². The van der Waals surface area contributed by atoms with Gasteiger partial charge in [-0.05, 0) is 117 Å². The van der Waals surface area contributed by atoms with E-state index in [1.165, 1.54) is 21.5 Å². The molecule has 0 aromatic heterocycles. The van der Waals surface area contributed by atoms with E-state index in [0.29, 0.717) is 0 Å². The summed E-state index contributed by atoms with van der Waals surface area (Å²) in [6, 6.07) is 41.3. The van der Waals surface area contributed by atoms with E-state index in [9.17, 15) is 4.79 Å². The Balaban J connectivity index is 1.45. The number of rotatable bonds is 9. The molecule has 0 aliphatic rings. The summed E-state index contributed by atoms with van der Waals surface area (Å²) in [5.41, 5.74) is 9.69. The van der Waals surface area contributed by atoms with E-state index in [1.54, 1.807) is 0 Å². The van der Waals surface area contributed by atoms with Gasteiger partial charge >= 0.3 is 0 Å². The average Bonchev–Trinajstić information content (AvgIpc) is 3.66. The highest BCUT2D eigenvalue weighted by Crippen LogP contribution is 2.61. The molecule has 0 amide bonds. The molecule has 0 fully saturated rings. The second-order valence-electron chi connectivity index (χ2n) is 12.0. The largest absolute Gasteiger partial charge is 0.456 e. The molecular formula is C41H40O2P+. The van der Waals surface area contributed by atoms with Gasteiger partial charge in [-0.15, -0.1) is 0 Å². The Bertz CT molecular complexity index is 1790. The summed E-state index contributed by atoms with van der Waals surface area (Å²) in [5, 5.41) is 3.91. The summed E-state index contributed by atoms with van der Waals surface area (Å²) < 4.78 is 7.15. The maximum absolute atomic E-state index is 13.3. The van der Waals surface area contributed by atoms with Crippen molar-refractivity contribution in [2.45, 2.75) is 53.8 Å². The van der Waals surface area contributed by atoms with E-state index in [2.05, 4.69) is 157 Å². The molecule has 6 aromatic rings. The molecule has 2 nitrogen and oxygen atoms in total. The van der Waals surface area contributed by atoms with Crippen molar-refractivity contribution in [3.05, 3.63) is 153 Å². The van der Waals surface area contributed by atoms with Crippen molar-refractivity contribution in [2.24, 2.45) is 0 Å². The van der Waals surface area contributed by atoms with Crippen LogP contribution < -0.4 is 26.1 Å². The zero-order valence-corrected chi connectivity index (χ0v) is 27.4. The molecule has 0 N–H and O–H groups in total. The van der Waals surface area contributed by atoms with Crippen molar-refractivity contribution in [2.75, 3.05) is 0 Å². The first kappa shape index (κ1) is 29.8. The second-order valence-corrected chi connectivity index (χ2v) is 15.6. The Labute approximate surface area is 262 Å². The lowest BCUT2D eigenvalue weighted by molar-refractivity contribution is 0.278. The molecule has 6 aromatic carbocycles. The molecule has 220 valence electrons. The number of benzene rings is 5. The Kier molecular flexibility index (Phi) is 8.14. The molecule has 0 radical (unpaired) electrons. The average molecular weight is 596 g/mol. The summed E-state index contributed by atoms with van der Waals surface area (Å²) in [5.74, 6) is 0.759. The lowest BCUT2D eigenvalue weighted by Crippen LogP contribution is -2.41. The fraction of sp³-hybridized carbons (Fsp3) is 0.195. The first-order valence-corrected chi connectivity index (χ1v) is 17.3. The van der Waals surface area contributed by atoms with Gasteiger partial charge in [-0.3, -0.25) is 4.79 Å². The van der Waals surface area contributed by atoms with Crippen molar-refractivity contribution >= 4 is 23.2 Å². The van der Waals surface area contributed by atoms with Gasteiger partial charge in [0.05, 0.1) is 0 Å². The molecule has 0 saturated heterocycles. The van der Waals surface area contributed by atoms with E-state index in [1.807, 2.05) is 0 Å². The molecule has 44 heavy (non-hydrogen) atoms. The summed E-state index contributed by atoms with van der Waals surface area (Å²) in [6.07, 6.45) is 0.839. The minimum atomic E-state index is -2.24. The Morgan fingerprint density at radius 3 is 1.27 bits per heavy atom. The molecular weight excluding hydrogens is 555 g/mol. The van der Waals surface area contributed by atoms with Gasteiger partial charge in [0.15, 0.2) is 12.7 Å². The molecule has 0 bridgehead atoms. The third kappa shape index (κ3) is 5.12. The minimum Gasteiger partial charge on any atom is -0.456 e. The highest BCUT2D eigenvalue weighted by molar-refractivity contribution is 7.96. The third-order valence-corrected chi connectivity index (χ3v) is 13.5. The van der Waals surface area contributed by atoms with Crippen LogP contribution in [0.1, 0.15) is 41.2 Å². The van der Waals surface area contributed by atoms with E-state index in [4.69, 9.17) is 4.74 Å². The van der Waals surface area contributed by atoms with Gasteiger partial charge < -0.3 is 4.74 Å². The van der Waals surface area contributed by atoms with Crippen molar-refractivity contribution in [1.82, 2.24) is 0 Å². The van der Waals surface area contributed by atoms with Gasteiger partial charge in [-0.1, -0.05) is 79.2 Å². The molecule has 1 atom stereocenters. The normalized spacial score (nSPS) is 12.4. The Morgan fingerprint density at radius 1 is 0.545 bits per heavy atom. The molecule has 1 unspecified atom stereocenters. The Morgan fingerprint density at radius 2 is 0.909 bits per heavy atom. The van der Waals surface area contributed by atoms with Gasteiger partial charge in [0.25, 0.3) is 0 Å². The van der Waals surface area contributed by atoms with Crippen LogP contribution >= 0.6 is 7.26 Å². The molecule has 6 rings (SSSR count). The number of hydrogen-bond donors (Lipinski definition) is 0. The second kappa shape index (κ2) is 12.0. The van der Waals surface area contributed by atoms with Crippen LogP contribution in [0.3, 0.4) is 0 Å². The van der Waals surface area contributed by atoms with Crippen LogP contribution in [0.2, 0.25) is 0 Å². The van der Waals surface area contributed by atoms with E-state index in [0.717, 1.165) is 56.7 Å². The minimum absolute atomic E-state index is 0.0884. The van der Waals surface area contributed by atoms with Crippen molar-refractivity contribution in [3.63, 3.8) is 0 Å². The highest BCUT2D eigenvalue weighted by Gasteiger charge is 2.53. The number of hydrogen-bond acceptors (Lipinski definition) is 2. The maximum atomic E-state index is 13.3. The standard InChI is InChI=1S/C41H40O2P/c1-7-36(44(33-17-11-8-12-18-33,34-19-13-9-14-20-34)35-21-15-10-16-22-35)43-32-25-30(5)38(31(6)26-32)40-39(41(40)42)37-28(3)23-27(2)24-29(37)4/h8-26,36H,7H2,1-6H3/q+1.